The number of aromatic nitrogens is 3. The summed E-state index contributed by atoms with van der Waals surface area (Å²) in [6, 6.07) is 22.9. The predicted octanol–water partition coefficient (Wildman–Crippen LogP) is 4.21. The lowest BCUT2D eigenvalue weighted by Gasteiger charge is -2.39. The molecule has 39 heavy (non-hydrogen) atoms. The van der Waals surface area contributed by atoms with Gasteiger partial charge in [-0.3, -0.25) is 4.90 Å². The Morgan fingerprint density at radius 1 is 0.897 bits per heavy atom. The van der Waals surface area contributed by atoms with Crippen molar-refractivity contribution in [2.75, 3.05) is 37.7 Å². The lowest BCUT2D eigenvalue weighted by molar-refractivity contribution is -0.150. The fraction of sp³-hybridized carbons (Fsp3) is 0.300. The zero-order chi connectivity index (χ0) is 27.4. The van der Waals surface area contributed by atoms with Crippen molar-refractivity contribution in [1.82, 2.24) is 19.2 Å². The first-order chi connectivity index (χ1) is 19.0. The third-order valence-electron chi connectivity index (χ3n) is 7.21. The van der Waals surface area contributed by atoms with E-state index in [1.54, 1.807) is 12.1 Å². The van der Waals surface area contributed by atoms with E-state index in [0.717, 1.165) is 29.9 Å². The summed E-state index contributed by atoms with van der Waals surface area (Å²) in [6.45, 7) is 6.99. The van der Waals surface area contributed by atoms with Crippen molar-refractivity contribution < 1.29 is 13.9 Å². The molecule has 0 radical (unpaired) electrons. The van der Waals surface area contributed by atoms with Gasteiger partial charge in [0.2, 0.25) is 0 Å². The standard InChI is InChI=1S/C30H32FN5O3/c1-3-39-29(37)28(24-7-5-4-6-8-24)34-19-17-33(18-20-34)26-13-15-27(16-14-26)35-21-32-36(30(35)38)22(2)23-9-11-25(31)12-10-23/h4-16,21-22,28H,3,17-20H2,1-2H3/t22-,28-/m1/s1. The number of hydrogen-bond donors (Lipinski definition) is 0. The molecule has 8 nitrogen and oxygen atoms in total. The summed E-state index contributed by atoms with van der Waals surface area (Å²) in [6.07, 6.45) is 1.51. The van der Waals surface area contributed by atoms with Crippen LogP contribution >= 0.6 is 0 Å². The van der Waals surface area contributed by atoms with Crippen molar-refractivity contribution in [3.05, 3.63) is 113 Å². The van der Waals surface area contributed by atoms with Crippen LogP contribution in [0.2, 0.25) is 0 Å². The van der Waals surface area contributed by atoms with Crippen LogP contribution in [-0.4, -0.2) is 58.0 Å². The first-order valence-electron chi connectivity index (χ1n) is 13.2. The van der Waals surface area contributed by atoms with E-state index in [0.29, 0.717) is 25.4 Å². The highest BCUT2D eigenvalue weighted by atomic mass is 19.1. The summed E-state index contributed by atoms with van der Waals surface area (Å²) in [5, 5.41) is 4.30. The van der Waals surface area contributed by atoms with Gasteiger partial charge in [-0.05, 0) is 61.4 Å². The topological polar surface area (TPSA) is 72.6 Å². The Morgan fingerprint density at radius 2 is 1.54 bits per heavy atom. The smallest absolute Gasteiger partial charge is 0.350 e. The second-order valence-electron chi connectivity index (χ2n) is 9.56. The summed E-state index contributed by atoms with van der Waals surface area (Å²) in [4.78, 5) is 30.3. The van der Waals surface area contributed by atoms with Gasteiger partial charge >= 0.3 is 11.7 Å². The number of halogens is 1. The van der Waals surface area contributed by atoms with E-state index in [1.165, 1.54) is 27.7 Å². The monoisotopic (exact) mass is 529 g/mol. The van der Waals surface area contributed by atoms with Crippen LogP contribution in [0.5, 0.6) is 0 Å². The molecule has 0 bridgehead atoms. The number of ether oxygens (including phenoxy) is 1. The molecule has 5 rings (SSSR count). The lowest BCUT2D eigenvalue weighted by atomic mass is 10.0. The van der Waals surface area contributed by atoms with E-state index in [4.69, 9.17) is 4.74 Å². The van der Waals surface area contributed by atoms with Gasteiger partial charge in [0, 0.05) is 31.9 Å². The summed E-state index contributed by atoms with van der Waals surface area (Å²) in [7, 11) is 0. The van der Waals surface area contributed by atoms with Gasteiger partial charge in [0.1, 0.15) is 18.2 Å². The molecule has 3 aromatic carbocycles. The Kier molecular flexibility index (Phi) is 7.88. The molecule has 0 saturated carbocycles. The molecule has 4 aromatic rings. The van der Waals surface area contributed by atoms with E-state index in [9.17, 15) is 14.0 Å². The zero-order valence-corrected chi connectivity index (χ0v) is 22.1. The van der Waals surface area contributed by atoms with E-state index in [1.807, 2.05) is 68.4 Å². The van der Waals surface area contributed by atoms with Gasteiger partial charge in [-0.15, -0.1) is 0 Å². The lowest BCUT2D eigenvalue weighted by Crippen LogP contribution is -2.49. The van der Waals surface area contributed by atoms with Gasteiger partial charge in [-0.1, -0.05) is 42.5 Å². The fourth-order valence-corrected chi connectivity index (χ4v) is 5.06. The van der Waals surface area contributed by atoms with Crippen molar-refractivity contribution in [2.24, 2.45) is 0 Å². The van der Waals surface area contributed by atoms with Crippen molar-refractivity contribution in [3.8, 4) is 5.69 Å². The van der Waals surface area contributed by atoms with E-state index >= 15 is 0 Å². The van der Waals surface area contributed by atoms with Crippen LogP contribution in [0.3, 0.4) is 0 Å². The van der Waals surface area contributed by atoms with Gasteiger partial charge in [-0.25, -0.2) is 23.2 Å². The number of nitrogens with zero attached hydrogens (tertiary/aromatic N) is 5. The van der Waals surface area contributed by atoms with Gasteiger partial charge in [0.15, 0.2) is 0 Å². The number of hydrogen-bond acceptors (Lipinski definition) is 6. The molecular formula is C30H32FN5O3. The molecule has 0 N–H and O–H groups in total. The molecule has 0 aliphatic carbocycles. The maximum Gasteiger partial charge on any atom is 0.350 e. The molecule has 9 heteroatoms. The molecule has 0 unspecified atom stereocenters. The maximum atomic E-state index is 13.3. The Bertz CT molecular complexity index is 1440. The van der Waals surface area contributed by atoms with Gasteiger partial charge in [0.25, 0.3) is 0 Å². The molecule has 1 aliphatic heterocycles. The van der Waals surface area contributed by atoms with Crippen LogP contribution < -0.4 is 10.6 Å². The third kappa shape index (κ3) is 5.63. The molecule has 0 spiro atoms. The number of esters is 1. The first kappa shape index (κ1) is 26.4. The number of carbonyl (C=O) groups is 1. The first-order valence-corrected chi connectivity index (χ1v) is 13.2. The van der Waals surface area contributed by atoms with E-state index in [2.05, 4.69) is 14.9 Å². The molecular weight excluding hydrogens is 497 g/mol. The molecule has 2 atom stereocenters. The van der Waals surface area contributed by atoms with Crippen LogP contribution in [0, 0.1) is 5.82 Å². The molecule has 1 aromatic heterocycles. The van der Waals surface area contributed by atoms with Crippen LogP contribution in [0.25, 0.3) is 5.69 Å². The predicted molar refractivity (Wildman–Crippen MR) is 148 cm³/mol. The number of piperazine rings is 1. The number of benzene rings is 3. The molecule has 1 aliphatic rings. The highest BCUT2D eigenvalue weighted by Crippen LogP contribution is 2.26. The second-order valence-corrected chi connectivity index (χ2v) is 9.56. The van der Waals surface area contributed by atoms with Crippen LogP contribution in [0.15, 0.2) is 90.0 Å². The van der Waals surface area contributed by atoms with Crippen LogP contribution in [0.4, 0.5) is 10.1 Å². The van der Waals surface area contributed by atoms with Crippen LogP contribution in [0.1, 0.15) is 37.1 Å². The minimum Gasteiger partial charge on any atom is -0.465 e. The Hall–Kier alpha value is -4.24. The van der Waals surface area contributed by atoms with Gasteiger partial charge < -0.3 is 9.64 Å². The quantitative estimate of drug-likeness (QED) is 0.319. The fourth-order valence-electron chi connectivity index (χ4n) is 5.06. The van der Waals surface area contributed by atoms with Gasteiger partial charge in [0.05, 0.1) is 18.3 Å². The SMILES string of the molecule is CCOC(=O)[C@@H](c1ccccc1)N1CCN(c2ccc(-n3cnn([C@H](C)c4ccc(F)cc4)c3=O)cc2)CC1. The number of anilines is 1. The molecule has 202 valence electrons. The summed E-state index contributed by atoms with van der Waals surface area (Å²) in [5.41, 5.74) is 3.24. The van der Waals surface area contributed by atoms with Crippen molar-refractivity contribution in [3.63, 3.8) is 0 Å². The zero-order valence-electron chi connectivity index (χ0n) is 22.1. The third-order valence-corrected chi connectivity index (χ3v) is 7.21. The Morgan fingerprint density at radius 3 is 2.18 bits per heavy atom. The number of rotatable bonds is 8. The van der Waals surface area contributed by atoms with Gasteiger partial charge in [-0.2, -0.15) is 5.10 Å². The average molecular weight is 530 g/mol. The number of carbonyl (C=O) groups excluding carboxylic acids is 1. The molecule has 1 saturated heterocycles. The molecule has 1 fully saturated rings. The molecule has 0 amide bonds. The molecule has 2 heterocycles. The maximum absolute atomic E-state index is 13.3. The van der Waals surface area contributed by atoms with E-state index < -0.39 is 6.04 Å². The second kappa shape index (κ2) is 11.7. The average Bonchev–Trinajstić information content (AvgIpc) is 3.35. The largest absolute Gasteiger partial charge is 0.465 e. The van der Waals surface area contributed by atoms with Crippen molar-refractivity contribution in [2.45, 2.75) is 25.9 Å². The highest BCUT2D eigenvalue weighted by Gasteiger charge is 2.31. The summed E-state index contributed by atoms with van der Waals surface area (Å²) >= 11 is 0. The summed E-state index contributed by atoms with van der Waals surface area (Å²) < 4.78 is 21.6. The summed E-state index contributed by atoms with van der Waals surface area (Å²) in [5.74, 6) is -0.540. The Balaban J connectivity index is 1.27. The van der Waals surface area contributed by atoms with Crippen LogP contribution in [-0.2, 0) is 9.53 Å². The minimum absolute atomic E-state index is 0.221. The normalized spacial score (nSPS) is 15.6. The van der Waals surface area contributed by atoms with E-state index in [-0.39, 0.29) is 23.5 Å². The van der Waals surface area contributed by atoms with Crippen molar-refractivity contribution >= 4 is 11.7 Å². The minimum atomic E-state index is -0.420. The Labute approximate surface area is 226 Å². The van der Waals surface area contributed by atoms with Crippen molar-refractivity contribution in [1.29, 1.82) is 0 Å². The highest BCUT2D eigenvalue weighted by molar-refractivity contribution is 5.77.